The van der Waals surface area contributed by atoms with Crippen molar-refractivity contribution in [2.24, 2.45) is 5.92 Å². The summed E-state index contributed by atoms with van der Waals surface area (Å²) >= 11 is 0. The number of nitrogens with zero attached hydrogens (tertiary/aromatic N) is 2. The molecule has 9 heteroatoms. The number of rotatable bonds is 6. The fraction of sp³-hybridized carbons (Fsp3) is 0.171. The predicted molar refractivity (Wildman–Crippen MR) is 165 cm³/mol. The Morgan fingerprint density at radius 2 is 1.52 bits per heavy atom. The molecule has 7 rings (SSSR count). The topological polar surface area (TPSA) is 119 Å². The summed E-state index contributed by atoms with van der Waals surface area (Å²) < 4.78 is 5.31. The lowest BCUT2D eigenvalue weighted by Gasteiger charge is -2.39. The maximum Gasteiger partial charge on any atom is 0.269 e. The van der Waals surface area contributed by atoms with E-state index in [9.17, 15) is 24.5 Å². The molecular weight excluding hydrogens is 558 g/mol. The van der Waals surface area contributed by atoms with Crippen LogP contribution in [0.1, 0.15) is 38.8 Å². The minimum Gasteiger partial charge on any atom is -0.497 e. The smallest absolute Gasteiger partial charge is 0.269 e. The highest BCUT2D eigenvalue weighted by Crippen LogP contribution is 2.58. The van der Waals surface area contributed by atoms with Crippen molar-refractivity contribution in [1.82, 2.24) is 0 Å². The first-order valence-corrected chi connectivity index (χ1v) is 14.2. The highest BCUT2D eigenvalue weighted by molar-refractivity contribution is 6.18. The monoisotopic (exact) mass is 585 g/mol. The number of fused-ring (bicyclic) bond motifs is 6. The molecular formula is C35H27N3O6. The molecule has 0 aliphatic carbocycles. The summed E-state index contributed by atoms with van der Waals surface area (Å²) in [4.78, 5) is 56.9. The van der Waals surface area contributed by atoms with Crippen molar-refractivity contribution in [1.29, 1.82) is 0 Å². The van der Waals surface area contributed by atoms with Gasteiger partial charge in [0.1, 0.15) is 17.2 Å². The van der Waals surface area contributed by atoms with Crippen molar-refractivity contribution in [2.45, 2.75) is 24.4 Å². The Kier molecular flexibility index (Phi) is 6.21. The molecule has 4 aromatic carbocycles. The summed E-state index contributed by atoms with van der Waals surface area (Å²) in [6.07, 6.45) is 1.99. The van der Waals surface area contributed by atoms with Gasteiger partial charge in [0.15, 0.2) is 11.6 Å². The van der Waals surface area contributed by atoms with E-state index >= 15 is 0 Å². The summed E-state index contributed by atoms with van der Waals surface area (Å²) in [7, 11) is 1.53. The predicted octanol–water partition coefficient (Wildman–Crippen LogP) is 5.85. The molecule has 9 nitrogen and oxygen atoms in total. The van der Waals surface area contributed by atoms with Gasteiger partial charge in [-0.15, -0.1) is 0 Å². The molecule has 218 valence electrons. The van der Waals surface area contributed by atoms with Gasteiger partial charge in [0.2, 0.25) is 5.91 Å². The fourth-order valence-corrected chi connectivity index (χ4v) is 7.24. The van der Waals surface area contributed by atoms with E-state index in [0.29, 0.717) is 22.6 Å². The van der Waals surface area contributed by atoms with Crippen LogP contribution in [0.2, 0.25) is 0 Å². The number of nitro benzene ring substituents is 1. The van der Waals surface area contributed by atoms with Crippen molar-refractivity contribution in [3.05, 3.63) is 136 Å². The van der Waals surface area contributed by atoms with E-state index in [1.54, 1.807) is 30.3 Å². The van der Waals surface area contributed by atoms with Crippen LogP contribution in [0.15, 0.2) is 103 Å². The highest BCUT2D eigenvalue weighted by atomic mass is 16.6. The lowest BCUT2D eigenvalue weighted by Crippen LogP contribution is -2.51. The second-order valence-corrected chi connectivity index (χ2v) is 11.3. The van der Waals surface area contributed by atoms with Gasteiger partial charge in [0, 0.05) is 40.2 Å². The van der Waals surface area contributed by atoms with E-state index in [0.717, 1.165) is 16.8 Å². The Labute approximate surface area is 252 Å². The zero-order valence-corrected chi connectivity index (χ0v) is 23.9. The molecule has 1 spiro atoms. The second-order valence-electron chi connectivity index (χ2n) is 11.3. The molecule has 1 fully saturated rings. The molecule has 0 radical (unpaired) electrons. The fourth-order valence-electron chi connectivity index (χ4n) is 7.24. The van der Waals surface area contributed by atoms with Gasteiger partial charge in [0.05, 0.1) is 24.0 Å². The maximum atomic E-state index is 14.9. The summed E-state index contributed by atoms with van der Waals surface area (Å²) in [6.45, 7) is 1.97. The minimum atomic E-state index is -1.45. The average Bonchev–Trinajstić information content (AvgIpc) is 3.52. The zero-order chi connectivity index (χ0) is 30.7. The van der Waals surface area contributed by atoms with Gasteiger partial charge in [-0.05, 0) is 66.6 Å². The number of nitrogens with one attached hydrogen (secondary N) is 1. The van der Waals surface area contributed by atoms with Gasteiger partial charge in [0.25, 0.3) is 5.69 Å². The Morgan fingerprint density at radius 3 is 2.23 bits per heavy atom. The number of ether oxygens (including phenoxy) is 1. The molecule has 0 unspecified atom stereocenters. The van der Waals surface area contributed by atoms with Crippen molar-refractivity contribution in [3.63, 3.8) is 0 Å². The number of hydrogen-bond donors (Lipinski definition) is 1. The lowest BCUT2D eigenvalue weighted by atomic mass is 9.64. The van der Waals surface area contributed by atoms with Crippen LogP contribution in [0.3, 0.4) is 0 Å². The van der Waals surface area contributed by atoms with Crippen LogP contribution in [-0.2, 0) is 10.2 Å². The first kappa shape index (κ1) is 27.3. The van der Waals surface area contributed by atoms with Crippen molar-refractivity contribution in [3.8, 4) is 5.75 Å². The highest BCUT2D eigenvalue weighted by Gasteiger charge is 2.70. The van der Waals surface area contributed by atoms with Crippen molar-refractivity contribution in [2.75, 3.05) is 17.3 Å². The van der Waals surface area contributed by atoms with E-state index in [1.807, 2.05) is 60.4 Å². The summed E-state index contributed by atoms with van der Waals surface area (Å²) in [5, 5.41) is 14.4. The number of nitro groups is 1. The molecule has 3 aliphatic heterocycles. The largest absolute Gasteiger partial charge is 0.497 e. The van der Waals surface area contributed by atoms with E-state index in [-0.39, 0.29) is 22.9 Å². The van der Waals surface area contributed by atoms with E-state index in [1.165, 1.54) is 31.4 Å². The SMILES string of the molecule is COc1ccc(C(=O)[C@@H]2[C@H](C(=O)c3ccc([N+](=O)[O-])cc3)N3c4ccccc4C(C)=C[C@H]3[C@@]23C(=O)Nc2ccccc23)cc1. The molecule has 0 bridgehead atoms. The van der Waals surface area contributed by atoms with Gasteiger partial charge >= 0.3 is 0 Å². The first-order valence-electron chi connectivity index (χ1n) is 14.2. The summed E-state index contributed by atoms with van der Waals surface area (Å²) in [5.41, 5.74) is 2.74. The molecule has 4 atom stereocenters. The molecule has 4 aromatic rings. The third kappa shape index (κ3) is 3.75. The Morgan fingerprint density at radius 1 is 0.886 bits per heavy atom. The molecule has 3 aliphatic rings. The Hall–Kier alpha value is -5.57. The number of methoxy groups -OCH3 is 1. The number of para-hydroxylation sites is 2. The number of ketones is 2. The third-order valence-corrected chi connectivity index (χ3v) is 9.17. The quantitative estimate of drug-likeness (QED) is 0.171. The lowest BCUT2D eigenvalue weighted by molar-refractivity contribution is -0.384. The molecule has 44 heavy (non-hydrogen) atoms. The Bertz CT molecular complexity index is 1900. The van der Waals surface area contributed by atoms with Gasteiger partial charge in [-0.2, -0.15) is 0 Å². The molecule has 1 N–H and O–H groups in total. The Balaban J connectivity index is 1.52. The number of Topliss-reactive ketones (excluding diaryl/α,β-unsaturated/α-hetero) is 2. The number of anilines is 2. The van der Waals surface area contributed by atoms with E-state index in [4.69, 9.17) is 4.74 Å². The molecule has 0 aromatic heterocycles. The van der Waals surface area contributed by atoms with Crippen LogP contribution in [0.25, 0.3) is 5.57 Å². The van der Waals surface area contributed by atoms with Crippen LogP contribution in [-0.4, -0.2) is 41.6 Å². The van der Waals surface area contributed by atoms with Crippen LogP contribution < -0.4 is 15.0 Å². The number of carbonyl (C=O) groups excluding carboxylic acids is 3. The van der Waals surface area contributed by atoms with Crippen LogP contribution in [0.5, 0.6) is 5.75 Å². The zero-order valence-electron chi connectivity index (χ0n) is 23.9. The normalized spacial score (nSPS) is 22.9. The number of carbonyl (C=O) groups is 3. The van der Waals surface area contributed by atoms with Crippen LogP contribution in [0.4, 0.5) is 17.1 Å². The number of allylic oxidation sites excluding steroid dienone is 1. The standard InChI is InChI=1S/C35H27N3O6/c1-20-19-29-35(26-8-4-5-9-27(26)36-34(35)41)30(32(39)21-13-17-24(44-2)18-14-21)31(37(29)28-10-6-3-7-25(20)28)33(40)22-11-15-23(16-12-22)38(42)43/h3-19,29-31H,1-2H3,(H,36,41)/t29-,30-,31+,35+/m0/s1. The van der Waals surface area contributed by atoms with Crippen LogP contribution >= 0.6 is 0 Å². The van der Waals surface area contributed by atoms with Crippen molar-refractivity contribution < 1.29 is 24.0 Å². The molecule has 0 saturated carbocycles. The van der Waals surface area contributed by atoms with Crippen molar-refractivity contribution >= 4 is 40.1 Å². The maximum absolute atomic E-state index is 14.9. The van der Waals surface area contributed by atoms with Crippen LogP contribution in [0, 0.1) is 16.0 Å². The molecule has 1 saturated heterocycles. The second kappa shape index (κ2) is 10.0. The van der Waals surface area contributed by atoms with Gasteiger partial charge in [-0.25, -0.2) is 0 Å². The number of amides is 1. The summed E-state index contributed by atoms with van der Waals surface area (Å²) in [5.74, 6) is -1.72. The number of hydrogen-bond acceptors (Lipinski definition) is 7. The minimum absolute atomic E-state index is 0.154. The average molecular weight is 586 g/mol. The van der Waals surface area contributed by atoms with Gasteiger partial charge < -0.3 is 15.0 Å². The number of benzene rings is 4. The molecule has 1 amide bonds. The summed E-state index contributed by atoms with van der Waals surface area (Å²) in [6, 6.07) is 25.2. The third-order valence-electron chi connectivity index (χ3n) is 9.17. The number of non-ortho nitro benzene ring substituents is 1. The van der Waals surface area contributed by atoms with Gasteiger partial charge in [-0.1, -0.05) is 42.5 Å². The molecule has 3 heterocycles. The van der Waals surface area contributed by atoms with E-state index < -0.39 is 34.1 Å². The van der Waals surface area contributed by atoms with E-state index in [2.05, 4.69) is 5.32 Å². The first-order chi connectivity index (χ1) is 21.3. The van der Waals surface area contributed by atoms with Gasteiger partial charge in [-0.3, -0.25) is 24.5 Å².